The van der Waals surface area contributed by atoms with E-state index >= 15 is 0 Å². The van der Waals surface area contributed by atoms with E-state index in [0.29, 0.717) is 5.92 Å². The second-order valence-electron chi connectivity index (χ2n) is 7.76. The van der Waals surface area contributed by atoms with Crippen molar-refractivity contribution in [2.75, 3.05) is 53.2 Å². The Bertz CT molecular complexity index is 631. The van der Waals surface area contributed by atoms with Crippen LogP contribution in [0.15, 0.2) is 29.3 Å². The molecule has 1 unspecified atom stereocenters. The number of benzene rings is 1. The van der Waals surface area contributed by atoms with E-state index in [9.17, 15) is 0 Å². The van der Waals surface area contributed by atoms with E-state index in [1.807, 2.05) is 12.1 Å². The van der Waals surface area contributed by atoms with Crippen LogP contribution in [0.5, 0.6) is 5.75 Å². The topological polar surface area (TPSA) is 64.1 Å². The Morgan fingerprint density at radius 1 is 1.28 bits per heavy atom. The van der Waals surface area contributed by atoms with Gasteiger partial charge in [0, 0.05) is 43.2 Å². The van der Waals surface area contributed by atoms with Crippen molar-refractivity contribution < 1.29 is 14.2 Å². The number of aliphatic imine (C=N–C) groups is 1. The molecule has 164 valence electrons. The fourth-order valence-corrected chi connectivity index (χ4v) is 3.66. The maximum Gasteiger partial charge on any atom is 0.191 e. The van der Waals surface area contributed by atoms with Gasteiger partial charge in [-0.1, -0.05) is 18.2 Å². The predicted molar refractivity (Wildman–Crippen MR) is 128 cm³/mol. The van der Waals surface area contributed by atoms with Crippen molar-refractivity contribution in [2.24, 2.45) is 10.9 Å². The minimum absolute atomic E-state index is 0. The molecule has 2 N–H and O–H groups in total. The lowest BCUT2D eigenvalue weighted by molar-refractivity contribution is 0.0888. The second-order valence-corrected chi connectivity index (χ2v) is 7.76. The molecule has 1 atom stereocenters. The molecule has 1 aliphatic carbocycles. The second kappa shape index (κ2) is 12.6. The van der Waals surface area contributed by atoms with Gasteiger partial charge in [-0.15, -0.1) is 24.0 Å². The molecule has 0 aromatic heterocycles. The van der Waals surface area contributed by atoms with E-state index in [-0.39, 0.29) is 29.4 Å². The minimum Gasteiger partial charge on any atom is -0.496 e. The van der Waals surface area contributed by atoms with E-state index in [2.05, 4.69) is 29.7 Å². The zero-order chi connectivity index (χ0) is 19.7. The van der Waals surface area contributed by atoms with Gasteiger partial charge < -0.3 is 24.8 Å². The van der Waals surface area contributed by atoms with Gasteiger partial charge in [0.2, 0.25) is 0 Å². The number of methoxy groups -OCH3 is 1. The first-order chi connectivity index (χ1) is 13.8. The highest BCUT2D eigenvalue weighted by Crippen LogP contribution is 2.51. The van der Waals surface area contributed by atoms with Crippen molar-refractivity contribution in [3.63, 3.8) is 0 Å². The minimum atomic E-state index is 0. The summed E-state index contributed by atoms with van der Waals surface area (Å²) in [5.74, 6) is 2.43. The normalized spacial score (nSPS) is 20.1. The van der Waals surface area contributed by atoms with Crippen molar-refractivity contribution in [1.82, 2.24) is 10.6 Å². The van der Waals surface area contributed by atoms with Crippen molar-refractivity contribution in [3.05, 3.63) is 29.8 Å². The Labute approximate surface area is 192 Å². The third-order valence-electron chi connectivity index (χ3n) is 5.55. The molecule has 7 heteroatoms. The highest BCUT2D eigenvalue weighted by Gasteiger charge is 2.46. The third-order valence-corrected chi connectivity index (χ3v) is 5.55. The predicted octanol–water partition coefficient (Wildman–Crippen LogP) is 3.34. The number of nitrogens with one attached hydrogen (secondary N) is 2. The molecule has 1 saturated carbocycles. The van der Waals surface area contributed by atoms with E-state index in [1.54, 1.807) is 7.11 Å². The van der Waals surface area contributed by atoms with E-state index in [1.165, 1.54) is 5.56 Å². The summed E-state index contributed by atoms with van der Waals surface area (Å²) in [4.78, 5) is 4.86. The van der Waals surface area contributed by atoms with Gasteiger partial charge >= 0.3 is 0 Å². The summed E-state index contributed by atoms with van der Waals surface area (Å²) in [5.41, 5.74) is 1.41. The van der Waals surface area contributed by atoms with Crippen molar-refractivity contribution in [3.8, 4) is 5.75 Å². The smallest absolute Gasteiger partial charge is 0.191 e. The molecule has 0 amide bonds. The molecule has 2 aliphatic rings. The van der Waals surface area contributed by atoms with Gasteiger partial charge in [0.25, 0.3) is 0 Å². The summed E-state index contributed by atoms with van der Waals surface area (Å²) in [6, 6.07) is 8.33. The monoisotopic (exact) mass is 517 g/mol. The number of para-hydroxylation sites is 1. The lowest BCUT2D eigenvalue weighted by atomic mass is 9.95. The van der Waals surface area contributed by atoms with Gasteiger partial charge in [0.1, 0.15) is 5.75 Å². The van der Waals surface area contributed by atoms with E-state index in [0.717, 1.165) is 83.5 Å². The van der Waals surface area contributed by atoms with Crippen molar-refractivity contribution in [2.45, 2.75) is 38.0 Å². The van der Waals surface area contributed by atoms with Crippen LogP contribution in [-0.4, -0.2) is 59.1 Å². The highest BCUT2D eigenvalue weighted by atomic mass is 127. The molecular weight excluding hydrogens is 481 g/mol. The summed E-state index contributed by atoms with van der Waals surface area (Å²) in [7, 11) is 1.74. The third kappa shape index (κ3) is 7.29. The van der Waals surface area contributed by atoms with Crippen LogP contribution in [0.3, 0.4) is 0 Å². The molecule has 1 aromatic carbocycles. The molecular formula is C22H36IN3O3. The number of nitrogens with zero attached hydrogens (tertiary/aromatic N) is 1. The number of rotatable bonds is 11. The summed E-state index contributed by atoms with van der Waals surface area (Å²) < 4.78 is 16.7. The fourth-order valence-electron chi connectivity index (χ4n) is 3.66. The van der Waals surface area contributed by atoms with Crippen LogP contribution in [0, 0.1) is 5.92 Å². The van der Waals surface area contributed by atoms with Gasteiger partial charge in [-0.2, -0.15) is 0 Å². The molecule has 3 rings (SSSR count). The van der Waals surface area contributed by atoms with Crippen molar-refractivity contribution in [1.29, 1.82) is 0 Å². The number of halogens is 1. The van der Waals surface area contributed by atoms with Gasteiger partial charge in [-0.05, 0) is 38.7 Å². The molecule has 1 heterocycles. The molecule has 1 saturated heterocycles. The average molecular weight is 517 g/mol. The van der Waals surface area contributed by atoms with Gasteiger partial charge in [-0.25, -0.2) is 0 Å². The zero-order valence-corrected chi connectivity index (χ0v) is 20.1. The lowest BCUT2D eigenvalue weighted by Gasteiger charge is -2.18. The van der Waals surface area contributed by atoms with Crippen molar-refractivity contribution >= 4 is 29.9 Å². The quantitative estimate of drug-likeness (QED) is 0.204. The molecule has 6 nitrogen and oxygen atoms in total. The van der Waals surface area contributed by atoms with Crippen LogP contribution >= 0.6 is 24.0 Å². The summed E-state index contributed by atoms with van der Waals surface area (Å²) in [5, 5.41) is 6.78. The van der Waals surface area contributed by atoms with Crippen LogP contribution in [0.2, 0.25) is 0 Å². The number of hydrogen-bond donors (Lipinski definition) is 2. The van der Waals surface area contributed by atoms with Crippen LogP contribution in [0.1, 0.15) is 38.2 Å². The van der Waals surface area contributed by atoms with Crippen LogP contribution in [0.4, 0.5) is 0 Å². The summed E-state index contributed by atoms with van der Waals surface area (Å²) in [6.45, 7) is 7.90. The number of hydrogen-bond acceptors (Lipinski definition) is 4. The first-order valence-corrected chi connectivity index (χ1v) is 10.6. The van der Waals surface area contributed by atoms with Crippen LogP contribution < -0.4 is 15.4 Å². The Balaban J connectivity index is 0.00000300. The standard InChI is InChI=1S/C22H35N3O3.HI/c1-3-23-21(24-12-6-13-27-15-18-9-14-28-16-18)25-17-22(10-11-22)19-7-4-5-8-20(19)26-2;/h4-5,7-8,18H,3,6,9-17H2,1-2H3,(H2,23,24,25);1H. The maximum atomic E-state index is 5.77. The fraction of sp³-hybridized carbons (Fsp3) is 0.682. The summed E-state index contributed by atoms with van der Waals surface area (Å²) in [6.07, 6.45) is 4.42. The number of ether oxygens (including phenoxy) is 3. The van der Waals surface area contributed by atoms with Gasteiger partial charge in [0.15, 0.2) is 5.96 Å². The van der Waals surface area contributed by atoms with E-state index in [4.69, 9.17) is 19.2 Å². The molecule has 29 heavy (non-hydrogen) atoms. The highest BCUT2D eigenvalue weighted by molar-refractivity contribution is 14.0. The van der Waals surface area contributed by atoms with Crippen LogP contribution in [-0.2, 0) is 14.9 Å². The lowest BCUT2D eigenvalue weighted by Crippen LogP contribution is -2.38. The Morgan fingerprint density at radius 3 is 2.79 bits per heavy atom. The van der Waals surface area contributed by atoms with Crippen LogP contribution in [0.25, 0.3) is 0 Å². The Morgan fingerprint density at radius 2 is 2.10 bits per heavy atom. The Hall–Kier alpha value is -1.06. The maximum absolute atomic E-state index is 5.77. The largest absolute Gasteiger partial charge is 0.496 e. The molecule has 1 aromatic rings. The molecule has 0 spiro atoms. The first-order valence-electron chi connectivity index (χ1n) is 10.6. The van der Waals surface area contributed by atoms with Gasteiger partial charge in [-0.3, -0.25) is 4.99 Å². The molecule has 1 aliphatic heterocycles. The molecule has 2 fully saturated rings. The first kappa shape index (κ1) is 24.2. The molecule has 0 radical (unpaired) electrons. The van der Waals surface area contributed by atoms with Gasteiger partial charge in [0.05, 0.1) is 26.9 Å². The SMILES string of the molecule is CCNC(=NCC1(c2ccccc2OC)CC1)NCCCOCC1CCOC1.I. The van der Waals surface area contributed by atoms with E-state index < -0.39 is 0 Å². The zero-order valence-electron chi connectivity index (χ0n) is 17.7. The average Bonchev–Trinajstić information content (AvgIpc) is 3.34. The summed E-state index contributed by atoms with van der Waals surface area (Å²) >= 11 is 0. The number of guanidine groups is 1. The molecule has 0 bridgehead atoms. The Kier molecular flexibility index (Phi) is 10.5.